The zero-order valence-electron chi connectivity index (χ0n) is 16.1. The molecule has 0 heterocycles. The number of nitrogens with one attached hydrogen (secondary N) is 1. The van der Waals surface area contributed by atoms with Crippen molar-refractivity contribution in [2.24, 2.45) is 0 Å². The van der Waals surface area contributed by atoms with Crippen LogP contribution < -0.4 is 5.32 Å². The molecule has 0 saturated carbocycles. The van der Waals surface area contributed by atoms with Crippen LogP contribution in [0, 0.1) is 6.92 Å². The van der Waals surface area contributed by atoms with Gasteiger partial charge in [-0.25, -0.2) is 17.5 Å². The summed E-state index contributed by atoms with van der Waals surface area (Å²) in [4.78, 5) is 24.1. The number of rotatable bonds is 8. The van der Waals surface area contributed by atoms with Crippen molar-refractivity contribution in [1.82, 2.24) is 4.31 Å². The average molecular weight is 404 g/mol. The second-order valence-corrected chi connectivity index (χ2v) is 8.36. The van der Waals surface area contributed by atoms with E-state index in [1.807, 2.05) is 6.92 Å². The highest BCUT2D eigenvalue weighted by molar-refractivity contribution is 7.89. The summed E-state index contributed by atoms with van der Waals surface area (Å²) in [5.41, 5.74) is 1.68. The van der Waals surface area contributed by atoms with E-state index in [4.69, 9.17) is 0 Å². The summed E-state index contributed by atoms with van der Waals surface area (Å²) in [6.07, 6.45) is 0.515. The SMILES string of the molecule is COC(=O)c1ccc(C)c(NC(=O)CCCN(C)S(=O)(=O)c2ccccc2)c1. The minimum Gasteiger partial charge on any atom is -0.465 e. The molecule has 0 atom stereocenters. The number of anilines is 1. The van der Waals surface area contributed by atoms with Gasteiger partial charge in [0.2, 0.25) is 15.9 Å². The second-order valence-electron chi connectivity index (χ2n) is 6.31. The number of carbonyl (C=O) groups is 2. The molecule has 0 aliphatic rings. The summed E-state index contributed by atoms with van der Waals surface area (Å²) >= 11 is 0. The van der Waals surface area contributed by atoms with Crippen molar-refractivity contribution in [3.05, 3.63) is 59.7 Å². The number of benzene rings is 2. The van der Waals surface area contributed by atoms with E-state index in [2.05, 4.69) is 10.1 Å². The summed E-state index contributed by atoms with van der Waals surface area (Å²) in [5.74, 6) is -0.737. The minimum atomic E-state index is -3.57. The monoisotopic (exact) mass is 404 g/mol. The Hall–Kier alpha value is -2.71. The summed E-state index contributed by atoms with van der Waals surface area (Å²) in [7, 11) is -0.788. The highest BCUT2D eigenvalue weighted by Crippen LogP contribution is 2.18. The third-order valence-electron chi connectivity index (χ3n) is 4.26. The number of amides is 1. The van der Waals surface area contributed by atoms with Crippen LogP contribution in [-0.2, 0) is 19.6 Å². The van der Waals surface area contributed by atoms with Gasteiger partial charge in [0.15, 0.2) is 0 Å². The van der Waals surface area contributed by atoms with E-state index in [1.165, 1.54) is 30.6 Å². The number of aryl methyl sites for hydroxylation is 1. The van der Waals surface area contributed by atoms with Crippen molar-refractivity contribution in [3.8, 4) is 0 Å². The molecule has 0 radical (unpaired) electrons. The lowest BCUT2D eigenvalue weighted by Gasteiger charge is -2.17. The van der Waals surface area contributed by atoms with E-state index in [1.54, 1.807) is 36.4 Å². The van der Waals surface area contributed by atoms with Crippen LogP contribution in [0.25, 0.3) is 0 Å². The third-order valence-corrected chi connectivity index (χ3v) is 6.13. The van der Waals surface area contributed by atoms with Crippen LogP contribution in [-0.4, -0.2) is 45.3 Å². The van der Waals surface area contributed by atoms with Crippen molar-refractivity contribution in [3.63, 3.8) is 0 Å². The summed E-state index contributed by atoms with van der Waals surface area (Å²) < 4.78 is 30.8. The molecule has 8 heteroatoms. The average Bonchev–Trinajstić information content (AvgIpc) is 2.69. The fraction of sp³-hybridized carbons (Fsp3) is 0.300. The molecule has 0 aliphatic heterocycles. The van der Waals surface area contributed by atoms with Crippen LogP contribution in [0.5, 0.6) is 0 Å². The normalized spacial score (nSPS) is 11.3. The Morgan fingerprint density at radius 3 is 2.43 bits per heavy atom. The fourth-order valence-electron chi connectivity index (χ4n) is 2.57. The molecule has 1 amide bonds. The van der Waals surface area contributed by atoms with Gasteiger partial charge in [0.25, 0.3) is 0 Å². The highest BCUT2D eigenvalue weighted by atomic mass is 32.2. The Labute approximate surface area is 165 Å². The predicted molar refractivity (Wildman–Crippen MR) is 107 cm³/mol. The van der Waals surface area contributed by atoms with Crippen molar-refractivity contribution in [2.45, 2.75) is 24.7 Å². The highest BCUT2D eigenvalue weighted by Gasteiger charge is 2.20. The van der Waals surface area contributed by atoms with Crippen LogP contribution >= 0.6 is 0 Å². The first kappa shape index (κ1) is 21.6. The Morgan fingerprint density at radius 1 is 1.11 bits per heavy atom. The number of methoxy groups -OCH3 is 1. The zero-order valence-corrected chi connectivity index (χ0v) is 17.0. The van der Waals surface area contributed by atoms with Crippen LogP contribution in [0.3, 0.4) is 0 Å². The first-order chi connectivity index (χ1) is 13.3. The maximum absolute atomic E-state index is 12.5. The molecule has 7 nitrogen and oxygen atoms in total. The summed E-state index contributed by atoms with van der Waals surface area (Å²) in [5, 5.41) is 2.76. The van der Waals surface area contributed by atoms with Gasteiger partial charge in [-0.15, -0.1) is 0 Å². The third kappa shape index (κ3) is 5.40. The smallest absolute Gasteiger partial charge is 0.337 e. The van der Waals surface area contributed by atoms with Gasteiger partial charge in [-0.05, 0) is 43.2 Å². The Morgan fingerprint density at radius 2 is 1.79 bits per heavy atom. The van der Waals surface area contributed by atoms with Crippen LogP contribution in [0.15, 0.2) is 53.4 Å². The molecule has 2 rings (SSSR count). The number of sulfonamides is 1. The lowest BCUT2D eigenvalue weighted by molar-refractivity contribution is -0.116. The number of hydrogen-bond donors (Lipinski definition) is 1. The Kier molecular flexibility index (Phi) is 7.31. The van der Waals surface area contributed by atoms with Gasteiger partial charge in [-0.1, -0.05) is 24.3 Å². The maximum Gasteiger partial charge on any atom is 0.337 e. The molecule has 0 unspecified atom stereocenters. The minimum absolute atomic E-state index is 0.149. The molecule has 2 aromatic carbocycles. The van der Waals surface area contributed by atoms with Crippen molar-refractivity contribution in [1.29, 1.82) is 0 Å². The lowest BCUT2D eigenvalue weighted by atomic mass is 10.1. The topological polar surface area (TPSA) is 92.8 Å². The van der Waals surface area contributed by atoms with E-state index >= 15 is 0 Å². The molecule has 28 heavy (non-hydrogen) atoms. The Bertz CT molecular complexity index is 942. The van der Waals surface area contributed by atoms with E-state index in [-0.39, 0.29) is 23.8 Å². The standard InChI is InChI=1S/C20H24N2O5S/c1-15-11-12-16(20(24)27-3)14-18(15)21-19(23)10-7-13-22(2)28(25,26)17-8-5-4-6-9-17/h4-6,8-9,11-12,14H,7,10,13H2,1-3H3,(H,21,23). The van der Waals surface area contributed by atoms with Gasteiger partial charge >= 0.3 is 5.97 Å². The molecule has 1 N–H and O–H groups in total. The predicted octanol–water partition coefficient (Wildman–Crippen LogP) is 2.82. The fourth-order valence-corrected chi connectivity index (χ4v) is 3.80. The molecule has 0 aliphatic carbocycles. The van der Waals surface area contributed by atoms with Crippen LogP contribution in [0.1, 0.15) is 28.8 Å². The van der Waals surface area contributed by atoms with E-state index in [0.29, 0.717) is 17.7 Å². The molecule has 0 saturated heterocycles. The van der Waals surface area contributed by atoms with E-state index < -0.39 is 16.0 Å². The van der Waals surface area contributed by atoms with Gasteiger partial charge in [-0.2, -0.15) is 0 Å². The molecule has 0 fully saturated rings. The number of ether oxygens (including phenoxy) is 1. The molecule has 0 aromatic heterocycles. The zero-order chi connectivity index (χ0) is 20.7. The Balaban J connectivity index is 1.92. The lowest BCUT2D eigenvalue weighted by Crippen LogP contribution is -2.28. The van der Waals surface area contributed by atoms with Crippen LogP contribution in [0.2, 0.25) is 0 Å². The first-order valence-electron chi connectivity index (χ1n) is 8.76. The molecular formula is C20H24N2O5S. The molecule has 2 aromatic rings. The maximum atomic E-state index is 12.5. The quantitative estimate of drug-likeness (QED) is 0.683. The van der Waals surface area contributed by atoms with Crippen LogP contribution in [0.4, 0.5) is 5.69 Å². The first-order valence-corrected chi connectivity index (χ1v) is 10.2. The summed E-state index contributed by atoms with van der Waals surface area (Å²) in [6.45, 7) is 2.03. The van der Waals surface area contributed by atoms with Gasteiger partial charge in [0.05, 0.1) is 17.6 Å². The number of nitrogens with zero attached hydrogens (tertiary/aromatic N) is 1. The summed E-state index contributed by atoms with van der Waals surface area (Å²) in [6, 6.07) is 13.1. The van der Waals surface area contributed by atoms with Gasteiger partial charge in [0.1, 0.15) is 0 Å². The molecule has 0 bridgehead atoms. The molecule has 0 spiro atoms. The van der Waals surface area contributed by atoms with Crippen molar-refractivity contribution in [2.75, 3.05) is 26.0 Å². The van der Waals surface area contributed by atoms with Gasteiger partial charge < -0.3 is 10.1 Å². The molecular weight excluding hydrogens is 380 g/mol. The molecule has 150 valence electrons. The number of esters is 1. The van der Waals surface area contributed by atoms with Gasteiger partial charge in [0, 0.05) is 25.7 Å². The number of carbonyl (C=O) groups excluding carboxylic acids is 2. The van der Waals surface area contributed by atoms with Crippen molar-refractivity contribution >= 4 is 27.6 Å². The van der Waals surface area contributed by atoms with E-state index in [9.17, 15) is 18.0 Å². The second kappa shape index (κ2) is 9.48. The van der Waals surface area contributed by atoms with Crippen molar-refractivity contribution < 1.29 is 22.7 Å². The van der Waals surface area contributed by atoms with Gasteiger partial charge in [-0.3, -0.25) is 4.79 Å². The van der Waals surface area contributed by atoms with E-state index in [0.717, 1.165) is 5.56 Å². The largest absolute Gasteiger partial charge is 0.465 e. The number of hydrogen-bond acceptors (Lipinski definition) is 5.